The molecule has 4 heteroatoms. The van der Waals surface area contributed by atoms with Gasteiger partial charge in [0.25, 0.3) is 0 Å². The summed E-state index contributed by atoms with van der Waals surface area (Å²) in [5.74, 6) is -0.416. The summed E-state index contributed by atoms with van der Waals surface area (Å²) in [4.78, 5) is 0. The van der Waals surface area contributed by atoms with Gasteiger partial charge in [-0.1, -0.05) is 29.8 Å². The van der Waals surface area contributed by atoms with E-state index in [0.29, 0.717) is 20.6 Å². The molecule has 0 bridgehead atoms. The molecule has 0 aromatic heterocycles. The molecule has 0 spiro atoms. The third-order valence-electron chi connectivity index (χ3n) is 3.03. The van der Waals surface area contributed by atoms with Crippen molar-refractivity contribution in [1.82, 2.24) is 0 Å². The lowest BCUT2D eigenvalue weighted by Gasteiger charge is -2.17. The highest BCUT2D eigenvalue weighted by Gasteiger charge is 2.21. The van der Waals surface area contributed by atoms with Crippen LogP contribution in [0.15, 0.2) is 34.8 Å². The van der Waals surface area contributed by atoms with Gasteiger partial charge in [0, 0.05) is 15.6 Å². The summed E-state index contributed by atoms with van der Waals surface area (Å²) in [7, 11) is 0. The summed E-state index contributed by atoms with van der Waals surface area (Å²) < 4.78 is 14.7. The van der Waals surface area contributed by atoms with E-state index in [1.54, 1.807) is 25.1 Å². The zero-order chi connectivity index (χ0) is 14.2. The minimum absolute atomic E-state index is 0.269. The topological polar surface area (TPSA) is 20.2 Å². The van der Waals surface area contributed by atoms with Crippen LogP contribution in [0.25, 0.3) is 0 Å². The van der Waals surface area contributed by atoms with Gasteiger partial charge in [-0.15, -0.1) is 0 Å². The maximum Gasteiger partial charge on any atom is 0.129 e. The minimum Gasteiger partial charge on any atom is -0.383 e. The van der Waals surface area contributed by atoms with Crippen LogP contribution in [0, 0.1) is 19.7 Å². The Balaban J connectivity index is 2.56. The Labute approximate surface area is 125 Å². The van der Waals surface area contributed by atoms with Crippen LogP contribution in [-0.2, 0) is 0 Å². The van der Waals surface area contributed by atoms with Crippen molar-refractivity contribution in [1.29, 1.82) is 0 Å². The number of hydrogen-bond donors (Lipinski definition) is 1. The first-order valence-corrected chi connectivity index (χ1v) is 6.97. The number of aliphatic hydroxyl groups excluding tert-OH is 1. The van der Waals surface area contributed by atoms with E-state index in [-0.39, 0.29) is 5.56 Å². The van der Waals surface area contributed by atoms with E-state index >= 15 is 0 Å². The van der Waals surface area contributed by atoms with Gasteiger partial charge in [0.05, 0.1) is 5.02 Å². The Morgan fingerprint density at radius 1 is 1.26 bits per heavy atom. The Hall–Kier alpha value is -0.900. The number of rotatable bonds is 2. The van der Waals surface area contributed by atoms with Gasteiger partial charge in [0.15, 0.2) is 0 Å². The second kappa shape index (κ2) is 5.61. The van der Waals surface area contributed by atoms with Crippen LogP contribution in [0.2, 0.25) is 5.02 Å². The summed E-state index contributed by atoms with van der Waals surface area (Å²) >= 11 is 9.44. The largest absolute Gasteiger partial charge is 0.383 e. The van der Waals surface area contributed by atoms with Gasteiger partial charge in [-0.2, -0.15) is 0 Å². The van der Waals surface area contributed by atoms with Crippen LogP contribution in [0.4, 0.5) is 4.39 Å². The molecule has 2 rings (SSSR count). The van der Waals surface area contributed by atoms with Gasteiger partial charge in [0.1, 0.15) is 11.9 Å². The van der Waals surface area contributed by atoms with E-state index in [1.165, 1.54) is 6.07 Å². The third kappa shape index (κ3) is 2.83. The Kier molecular flexibility index (Phi) is 4.29. The first kappa shape index (κ1) is 14.5. The highest BCUT2D eigenvalue weighted by Crippen LogP contribution is 2.35. The summed E-state index contributed by atoms with van der Waals surface area (Å²) in [6.07, 6.45) is -1.08. The fourth-order valence-electron chi connectivity index (χ4n) is 2.16. The van der Waals surface area contributed by atoms with Crippen LogP contribution in [0.5, 0.6) is 0 Å². The van der Waals surface area contributed by atoms with Crippen molar-refractivity contribution in [2.45, 2.75) is 20.0 Å². The molecule has 1 nitrogen and oxygen atoms in total. The number of hydrogen-bond acceptors (Lipinski definition) is 1. The average Bonchev–Trinajstić information content (AvgIpc) is 2.31. The van der Waals surface area contributed by atoms with E-state index in [0.717, 1.165) is 5.56 Å². The van der Waals surface area contributed by atoms with Gasteiger partial charge >= 0.3 is 0 Å². The molecule has 2 aromatic rings. The molecule has 0 aliphatic rings. The molecule has 0 aliphatic carbocycles. The minimum atomic E-state index is -1.08. The smallest absolute Gasteiger partial charge is 0.129 e. The highest BCUT2D eigenvalue weighted by atomic mass is 79.9. The standard InChI is InChI=1S/C15H13BrClFO/c1-8-6-9(2)13(12(18)7-8)15(19)10-4-3-5-11(16)14(10)17/h3-7,15,19H,1-2H3. The molecule has 1 unspecified atom stereocenters. The Bertz CT molecular complexity index is 605. The molecular weight excluding hydrogens is 331 g/mol. The molecule has 1 N–H and O–H groups in total. The van der Waals surface area contributed by atoms with Gasteiger partial charge in [-0.05, 0) is 53.0 Å². The van der Waals surface area contributed by atoms with Crippen LogP contribution in [0.3, 0.4) is 0 Å². The zero-order valence-electron chi connectivity index (χ0n) is 10.5. The first-order valence-electron chi connectivity index (χ1n) is 5.80. The number of halogens is 3. The molecule has 0 heterocycles. The Morgan fingerprint density at radius 3 is 2.58 bits per heavy atom. The van der Waals surface area contributed by atoms with E-state index < -0.39 is 11.9 Å². The summed E-state index contributed by atoms with van der Waals surface area (Å²) in [6.45, 7) is 3.60. The number of benzene rings is 2. The molecule has 100 valence electrons. The number of aliphatic hydroxyl groups is 1. The van der Waals surface area contributed by atoms with Crippen molar-refractivity contribution in [2.75, 3.05) is 0 Å². The molecule has 0 saturated heterocycles. The number of aryl methyl sites for hydroxylation is 2. The summed E-state index contributed by atoms with van der Waals surface area (Å²) in [6, 6.07) is 8.48. The summed E-state index contributed by atoms with van der Waals surface area (Å²) in [5, 5.41) is 10.8. The molecule has 0 fully saturated rings. The highest BCUT2D eigenvalue weighted by molar-refractivity contribution is 9.10. The van der Waals surface area contributed by atoms with E-state index in [1.807, 2.05) is 13.0 Å². The maximum absolute atomic E-state index is 14.1. The monoisotopic (exact) mass is 342 g/mol. The van der Waals surface area contributed by atoms with E-state index in [2.05, 4.69) is 15.9 Å². The van der Waals surface area contributed by atoms with Crippen molar-refractivity contribution < 1.29 is 9.50 Å². The van der Waals surface area contributed by atoms with E-state index in [4.69, 9.17) is 11.6 Å². The SMILES string of the molecule is Cc1cc(C)c(C(O)c2cccc(Br)c2Cl)c(F)c1. The lowest BCUT2D eigenvalue weighted by Crippen LogP contribution is -2.06. The van der Waals surface area contributed by atoms with Crippen LogP contribution in [0.1, 0.15) is 28.4 Å². The maximum atomic E-state index is 14.1. The summed E-state index contributed by atoms with van der Waals surface area (Å²) in [5.41, 5.74) is 2.29. The fraction of sp³-hybridized carbons (Fsp3) is 0.200. The van der Waals surface area contributed by atoms with E-state index in [9.17, 15) is 9.50 Å². The molecule has 0 amide bonds. The van der Waals surface area contributed by atoms with Gasteiger partial charge in [-0.3, -0.25) is 0 Å². The predicted molar refractivity (Wildman–Crippen MR) is 79.1 cm³/mol. The zero-order valence-corrected chi connectivity index (χ0v) is 12.9. The fourth-order valence-corrected chi connectivity index (χ4v) is 2.77. The van der Waals surface area contributed by atoms with Crippen molar-refractivity contribution in [3.05, 3.63) is 67.9 Å². The van der Waals surface area contributed by atoms with Crippen molar-refractivity contribution in [3.63, 3.8) is 0 Å². The molecule has 1 atom stereocenters. The molecule has 0 radical (unpaired) electrons. The molecule has 0 aliphatic heterocycles. The molecule has 0 saturated carbocycles. The van der Waals surface area contributed by atoms with Crippen LogP contribution < -0.4 is 0 Å². The molecule has 2 aromatic carbocycles. The second-order valence-corrected chi connectivity index (χ2v) is 5.76. The lowest BCUT2D eigenvalue weighted by molar-refractivity contribution is 0.214. The first-order chi connectivity index (χ1) is 8.91. The average molecular weight is 344 g/mol. The Morgan fingerprint density at radius 2 is 1.95 bits per heavy atom. The lowest BCUT2D eigenvalue weighted by atomic mass is 9.95. The molecule has 19 heavy (non-hydrogen) atoms. The van der Waals surface area contributed by atoms with Crippen molar-refractivity contribution in [3.8, 4) is 0 Å². The normalized spacial score (nSPS) is 12.5. The third-order valence-corrected chi connectivity index (χ3v) is 4.34. The van der Waals surface area contributed by atoms with Crippen molar-refractivity contribution in [2.24, 2.45) is 0 Å². The van der Waals surface area contributed by atoms with Crippen molar-refractivity contribution >= 4 is 27.5 Å². The van der Waals surface area contributed by atoms with Crippen LogP contribution in [-0.4, -0.2) is 5.11 Å². The van der Waals surface area contributed by atoms with Gasteiger partial charge in [-0.25, -0.2) is 4.39 Å². The van der Waals surface area contributed by atoms with Gasteiger partial charge in [0.2, 0.25) is 0 Å². The predicted octanol–water partition coefficient (Wildman–Crippen LogP) is 4.94. The van der Waals surface area contributed by atoms with Gasteiger partial charge < -0.3 is 5.11 Å². The quantitative estimate of drug-likeness (QED) is 0.819. The molecular formula is C15H13BrClFO. The van der Waals surface area contributed by atoms with Crippen LogP contribution >= 0.6 is 27.5 Å². The second-order valence-electron chi connectivity index (χ2n) is 4.52.